The summed E-state index contributed by atoms with van der Waals surface area (Å²) in [6.45, 7) is 4.95. The highest BCUT2D eigenvalue weighted by Gasteiger charge is 2.26. The van der Waals surface area contributed by atoms with Gasteiger partial charge in [-0.25, -0.2) is 0 Å². The first-order chi connectivity index (χ1) is 12.1. The second-order valence-electron chi connectivity index (χ2n) is 6.16. The Bertz CT molecular complexity index is 745. The van der Waals surface area contributed by atoms with E-state index >= 15 is 0 Å². The molecule has 0 aliphatic carbocycles. The lowest BCUT2D eigenvalue weighted by molar-refractivity contribution is -0.120. The number of amides is 1. The van der Waals surface area contributed by atoms with E-state index in [9.17, 15) is 9.90 Å². The van der Waals surface area contributed by atoms with Crippen LogP contribution in [0.4, 0.5) is 11.4 Å². The highest BCUT2D eigenvalue weighted by molar-refractivity contribution is 6.33. The van der Waals surface area contributed by atoms with Crippen molar-refractivity contribution in [1.82, 2.24) is 4.90 Å². The lowest BCUT2D eigenvalue weighted by atomic mass is 10.2. The highest BCUT2D eigenvalue weighted by atomic mass is 35.5. The first-order valence-corrected chi connectivity index (χ1v) is 8.76. The van der Waals surface area contributed by atoms with Crippen LogP contribution in [-0.2, 0) is 4.79 Å². The van der Waals surface area contributed by atoms with Gasteiger partial charge in [-0.3, -0.25) is 9.69 Å². The number of carbonyl (C=O) groups excluding carboxylic acids is 1. The maximum atomic E-state index is 12.5. The SMILES string of the molecule is C[C@@H](C(=O)Nc1ccccc1Cl)N1CCN(c2ccccc2O)CC1. The van der Waals surface area contributed by atoms with Gasteiger partial charge in [-0.05, 0) is 31.2 Å². The second kappa shape index (κ2) is 7.76. The Morgan fingerprint density at radius 3 is 2.40 bits per heavy atom. The third kappa shape index (κ3) is 4.06. The summed E-state index contributed by atoms with van der Waals surface area (Å²) >= 11 is 6.10. The zero-order valence-corrected chi connectivity index (χ0v) is 14.9. The van der Waals surface area contributed by atoms with Gasteiger partial charge in [0, 0.05) is 26.2 Å². The van der Waals surface area contributed by atoms with Crippen LogP contribution in [0.5, 0.6) is 5.75 Å². The average Bonchev–Trinajstić information content (AvgIpc) is 2.63. The number of phenols is 1. The van der Waals surface area contributed by atoms with Gasteiger partial charge in [0.1, 0.15) is 5.75 Å². The van der Waals surface area contributed by atoms with Crippen LogP contribution in [0.15, 0.2) is 48.5 Å². The summed E-state index contributed by atoms with van der Waals surface area (Å²) in [6.07, 6.45) is 0. The van der Waals surface area contributed by atoms with Gasteiger partial charge in [-0.1, -0.05) is 35.9 Å². The first-order valence-electron chi connectivity index (χ1n) is 8.38. The van der Waals surface area contributed by atoms with Crippen molar-refractivity contribution in [3.8, 4) is 5.75 Å². The van der Waals surface area contributed by atoms with E-state index in [1.807, 2.05) is 37.3 Å². The van der Waals surface area contributed by atoms with Crippen molar-refractivity contribution in [1.29, 1.82) is 0 Å². The van der Waals surface area contributed by atoms with Crippen molar-refractivity contribution in [2.45, 2.75) is 13.0 Å². The molecule has 0 unspecified atom stereocenters. The number of hydrogen-bond donors (Lipinski definition) is 2. The molecular weight excluding hydrogens is 338 g/mol. The third-order valence-corrected chi connectivity index (χ3v) is 4.93. The quantitative estimate of drug-likeness (QED) is 0.880. The molecule has 25 heavy (non-hydrogen) atoms. The molecule has 0 bridgehead atoms. The van der Waals surface area contributed by atoms with Gasteiger partial charge in [-0.2, -0.15) is 0 Å². The standard InChI is InChI=1S/C19H22ClN3O2/c1-14(19(25)21-16-7-3-2-6-15(16)20)22-10-12-23(13-11-22)17-8-4-5-9-18(17)24/h2-9,14,24H,10-13H2,1H3,(H,21,25)/t14-/m0/s1. The monoisotopic (exact) mass is 359 g/mol. The molecule has 5 nitrogen and oxygen atoms in total. The molecule has 132 valence electrons. The second-order valence-corrected chi connectivity index (χ2v) is 6.56. The van der Waals surface area contributed by atoms with Gasteiger partial charge in [0.05, 0.1) is 22.4 Å². The van der Waals surface area contributed by atoms with Crippen molar-refractivity contribution in [3.05, 3.63) is 53.6 Å². The minimum Gasteiger partial charge on any atom is -0.506 e. The Hall–Kier alpha value is -2.24. The van der Waals surface area contributed by atoms with Crippen LogP contribution in [0.25, 0.3) is 0 Å². The zero-order chi connectivity index (χ0) is 17.8. The molecule has 2 N–H and O–H groups in total. The summed E-state index contributed by atoms with van der Waals surface area (Å²) in [5.41, 5.74) is 1.48. The molecular formula is C19H22ClN3O2. The van der Waals surface area contributed by atoms with Gasteiger partial charge in [0.2, 0.25) is 5.91 Å². The van der Waals surface area contributed by atoms with E-state index in [4.69, 9.17) is 11.6 Å². The summed E-state index contributed by atoms with van der Waals surface area (Å²) in [6, 6.07) is 14.3. The largest absolute Gasteiger partial charge is 0.506 e. The molecule has 1 saturated heterocycles. The number of halogens is 1. The van der Waals surface area contributed by atoms with Crippen LogP contribution in [0.1, 0.15) is 6.92 Å². The van der Waals surface area contributed by atoms with Crippen LogP contribution in [0, 0.1) is 0 Å². The van der Waals surface area contributed by atoms with Crippen molar-refractivity contribution in [3.63, 3.8) is 0 Å². The molecule has 6 heteroatoms. The summed E-state index contributed by atoms with van der Waals surface area (Å²) < 4.78 is 0. The van der Waals surface area contributed by atoms with E-state index in [0.29, 0.717) is 16.5 Å². The molecule has 1 amide bonds. The van der Waals surface area contributed by atoms with Crippen LogP contribution in [-0.4, -0.2) is 48.1 Å². The number of para-hydroxylation sites is 3. The number of rotatable bonds is 4. The van der Waals surface area contributed by atoms with E-state index in [0.717, 1.165) is 31.9 Å². The number of phenolic OH excluding ortho intramolecular Hbond substituents is 1. The van der Waals surface area contributed by atoms with Gasteiger partial charge >= 0.3 is 0 Å². The molecule has 0 spiro atoms. The molecule has 1 heterocycles. The van der Waals surface area contributed by atoms with Crippen molar-refractivity contribution in [2.24, 2.45) is 0 Å². The Balaban J connectivity index is 1.58. The predicted molar refractivity (Wildman–Crippen MR) is 101 cm³/mol. The Morgan fingerprint density at radius 2 is 1.72 bits per heavy atom. The van der Waals surface area contributed by atoms with Crippen LogP contribution >= 0.6 is 11.6 Å². The molecule has 1 aliphatic rings. The number of anilines is 2. The summed E-state index contributed by atoms with van der Waals surface area (Å²) in [7, 11) is 0. The number of carbonyl (C=O) groups is 1. The van der Waals surface area contributed by atoms with E-state index in [-0.39, 0.29) is 11.9 Å². The molecule has 3 rings (SSSR count). The van der Waals surface area contributed by atoms with Gasteiger partial charge < -0.3 is 15.3 Å². The minimum absolute atomic E-state index is 0.0656. The number of aromatic hydroxyl groups is 1. The summed E-state index contributed by atoms with van der Waals surface area (Å²) in [5.74, 6) is 0.226. The lowest BCUT2D eigenvalue weighted by Crippen LogP contribution is -2.52. The summed E-state index contributed by atoms with van der Waals surface area (Å²) in [5, 5.41) is 13.4. The topological polar surface area (TPSA) is 55.8 Å². The fourth-order valence-corrected chi connectivity index (χ4v) is 3.23. The zero-order valence-electron chi connectivity index (χ0n) is 14.2. The minimum atomic E-state index is -0.247. The normalized spacial score (nSPS) is 16.5. The highest BCUT2D eigenvalue weighted by Crippen LogP contribution is 2.27. The van der Waals surface area contributed by atoms with Crippen LogP contribution in [0.2, 0.25) is 5.02 Å². The maximum absolute atomic E-state index is 12.5. The van der Waals surface area contributed by atoms with E-state index in [1.54, 1.807) is 18.2 Å². The maximum Gasteiger partial charge on any atom is 0.241 e. The smallest absolute Gasteiger partial charge is 0.241 e. The number of hydrogen-bond acceptors (Lipinski definition) is 4. The number of piperazine rings is 1. The molecule has 1 aliphatic heterocycles. The molecule has 2 aromatic carbocycles. The average molecular weight is 360 g/mol. The van der Waals surface area contributed by atoms with Gasteiger partial charge in [0.15, 0.2) is 0 Å². The fraction of sp³-hybridized carbons (Fsp3) is 0.316. The summed E-state index contributed by atoms with van der Waals surface area (Å²) in [4.78, 5) is 16.8. The van der Waals surface area contributed by atoms with Crippen LogP contribution in [0.3, 0.4) is 0 Å². The Morgan fingerprint density at radius 1 is 1.08 bits per heavy atom. The Labute approximate surface area is 152 Å². The number of nitrogens with zero attached hydrogens (tertiary/aromatic N) is 2. The lowest BCUT2D eigenvalue weighted by Gasteiger charge is -2.38. The Kier molecular flexibility index (Phi) is 5.46. The van der Waals surface area contributed by atoms with E-state index in [1.165, 1.54) is 0 Å². The van der Waals surface area contributed by atoms with Crippen molar-refractivity contribution in [2.75, 3.05) is 36.4 Å². The van der Waals surface area contributed by atoms with Crippen LogP contribution < -0.4 is 10.2 Å². The molecule has 0 radical (unpaired) electrons. The molecule has 1 fully saturated rings. The van der Waals surface area contributed by atoms with Crippen molar-refractivity contribution < 1.29 is 9.90 Å². The van der Waals surface area contributed by atoms with E-state index in [2.05, 4.69) is 15.1 Å². The fourth-order valence-electron chi connectivity index (χ4n) is 3.05. The van der Waals surface area contributed by atoms with Crippen molar-refractivity contribution >= 4 is 28.9 Å². The van der Waals surface area contributed by atoms with Gasteiger partial charge in [-0.15, -0.1) is 0 Å². The third-order valence-electron chi connectivity index (χ3n) is 4.60. The molecule has 2 aromatic rings. The predicted octanol–water partition coefficient (Wildman–Crippen LogP) is 3.19. The molecule has 0 saturated carbocycles. The molecule has 0 aromatic heterocycles. The van der Waals surface area contributed by atoms with Gasteiger partial charge in [0.25, 0.3) is 0 Å². The molecule has 1 atom stereocenters. The number of nitrogens with one attached hydrogen (secondary N) is 1. The number of benzene rings is 2. The first kappa shape index (κ1) is 17.6. The van der Waals surface area contributed by atoms with E-state index < -0.39 is 0 Å².